The first-order valence-electron chi connectivity index (χ1n) is 11.3. The number of ether oxygens (including phenoxy) is 2. The molecule has 9 nitrogen and oxygen atoms in total. The highest BCUT2D eigenvalue weighted by molar-refractivity contribution is 5.79. The van der Waals surface area contributed by atoms with Crippen molar-refractivity contribution in [2.45, 2.75) is 38.7 Å². The van der Waals surface area contributed by atoms with E-state index in [9.17, 15) is 9.18 Å². The van der Waals surface area contributed by atoms with Crippen molar-refractivity contribution in [2.24, 2.45) is 5.92 Å². The molecule has 1 aliphatic rings. The Balaban J connectivity index is 1.23. The van der Waals surface area contributed by atoms with Crippen molar-refractivity contribution in [3.8, 4) is 17.5 Å². The van der Waals surface area contributed by atoms with Gasteiger partial charge in [-0.15, -0.1) is 5.10 Å². The predicted molar refractivity (Wildman–Crippen MR) is 122 cm³/mol. The first kappa shape index (κ1) is 21.9. The van der Waals surface area contributed by atoms with E-state index in [0.29, 0.717) is 18.1 Å². The Bertz CT molecular complexity index is 1280. The number of hydrogen-bond acceptors (Lipinski definition) is 8. The number of anilines is 2. The molecular weight excluding hydrogens is 441 g/mol. The van der Waals surface area contributed by atoms with Gasteiger partial charge in [0.2, 0.25) is 0 Å². The van der Waals surface area contributed by atoms with Crippen molar-refractivity contribution in [3.63, 3.8) is 0 Å². The van der Waals surface area contributed by atoms with Gasteiger partial charge < -0.3 is 24.2 Å². The van der Waals surface area contributed by atoms with Gasteiger partial charge in [-0.2, -0.15) is 0 Å². The lowest BCUT2D eigenvalue weighted by molar-refractivity contribution is -0.149. The van der Waals surface area contributed by atoms with Gasteiger partial charge in [-0.05, 0) is 69.0 Å². The van der Waals surface area contributed by atoms with Gasteiger partial charge in [-0.25, -0.2) is 9.37 Å². The predicted octanol–water partition coefficient (Wildman–Crippen LogP) is 5.00. The van der Waals surface area contributed by atoms with Crippen LogP contribution in [0.1, 0.15) is 32.6 Å². The van der Waals surface area contributed by atoms with E-state index in [1.54, 1.807) is 12.1 Å². The number of nitrogens with one attached hydrogen (secondary N) is 2. The molecule has 4 aromatic rings. The molecule has 0 amide bonds. The summed E-state index contributed by atoms with van der Waals surface area (Å²) in [6.07, 6.45) is 3.21. The molecule has 1 saturated carbocycles. The molecule has 2 N–H and O–H groups in total. The van der Waals surface area contributed by atoms with E-state index in [1.165, 1.54) is 12.1 Å². The van der Waals surface area contributed by atoms with Crippen molar-refractivity contribution in [1.29, 1.82) is 0 Å². The van der Waals surface area contributed by atoms with Crippen molar-refractivity contribution < 1.29 is 23.1 Å². The summed E-state index contributed by atoms with van der Waals surface area (Å²) >= 11 is 0. The number of carbonyl (C=O) groups is 1. The Kier molecular flexibility index (Phi) is 6.11. The molecule has 1 fully saturated rings. The zero-order chi connectivity index (χ0) is 23.5. The average molecular weight is 465 g/mol. The lowest BCUT2D eigenvalue weighted by Gasteiger charge is -2.27. The fourth-order valence-electron chi connectivity index (χ4n) is 4.06. The highest BCUT2D eigenvalue weighted by Gasteiger charge is 2.28. The molecule has 2 aromatic carbocycles. The highest BCUT2D eigenvalue weighted by Crippen LogP contribution is 2.30. The van der Waals surface area contributed by atoms with Crippen LogP contribution in [0.4, 0.5) is 16.1 Å². The van der Waals surface area contributed by atoms with Gasteiger partial charge in [-0.1, -0.05) is 5.10 Å². The summed E-state index contributed by atoms with van der Waals surface area (Å²) < 4.78 is 30.0. The second-order valence-electron chi connectivity index (χ2n) is 8.15. The molecule has 34 heavy (non-hydrogen) atoms. The van der Waals surface area contributed by atoms with Gasteiger partial charge in [0.15, 0.2) is 5.82 Å². The number of hydrogen-bond donors (Lipinski definition) is 2. The van der Waals surface area contributed by atoms with Crippen LogP contribution in [0.15, 0.2) is 46.9 Å². The molecule has 1 aliphatic carbocycles. The molecule has 10 heteroatoms. The highest BCUT2D eigenvalue weighted by atomic mass is 19.1. The van der Waals surface area contributed by atoms with Crippen molar-refractivity contribution in [2.75, 3.05) is 11.9 Å². The van der Waals surface area contributed by atoms with E-state index in [1.807, 2.05) is 25.1 Å². The maximum atomic E-state index is 13.1. The number of carbonyl (C=O) groups excluding carboxylic acids is 1. The molecule has 0 atom stereocenters. The molecule has 2 aromatic heterocycles. The number of imidazole rings is 1. The van der Waals surface area contributed by atoms with Gasteiger partial charge >= 0.3 is 12.0 Å². The molecule has 0 aliphatic heterocycles. The number of rotatable bonds is 7. The van der Waals surface area contributed by atoms with E-state index in [0.717, 1.165) is 42.5 Å². The Labute approximate surface area is 194 Å². The Morgan fingerprint density at radius 2 is 1.94 bits per heavy atom. The van der Waals surface area contributed by atoms with Crippen LogP contribution in [0.2, 0.25) is 0 Å². The van der Waals surface area contributed by atoms with Gasteiger partial charge in [0.25, 0.3) is 5.89 Å². The minimum atomic E-state index is -0.327. The summed E-state index contributed by atoms with van der Waals surface area (Å²) in [7, 11) is 0. The first-order valence-corrected chi connectivity index (χ1v) is 11.3. The van der Waals surface area contributed by atoms with Crippen LogP contribution in [0.5, 0.6) is 5.75 Å². The fourth-order valence-corrected chi connectivity index (χ4v) is 4.06. The first-order chi connectivity index (χ1) is 16.6. The number of benzene rings is 2. The summed E-state index contributed by atoms with van der Waals surface area (Å²) in [6.45, 7) is 2.24. The van der Waals surface area contributed by atoms with Crippen LogP contribution in [0.25, 0.3) is 22.7 Å². The van der Waals surface area contributed by atoms with Crippen LogP contribution in [-0.4, -0.2) is 38.8 Å². The van der Waals surface area contributed by atoms with E-state index in [-0.39, 0.29) is 35.7 Å². The third-order valence-corrected chi connectivity index (χ3v) is 5.77. The standard InChI is InChI=1S/C24H24FN5O4/c1-2-32-23(31)14-3-9-17(10-4-14)33-18-11-12-19-20(13-18)28-21(27-19)22-29-30-24(34-22)26-16-7-5-15(25)6-8-16/h5-8,11-14,17H,2-4,9-10H2,1H3,(H,26,30)(H,27,28)/t14-,17+. The molecule has 0 unspecified atom stereocenters. The zero-order valence-electron chi connectivity index (χ0n) is 18.6. The topological polar surface area (TPSA) is 115 Å². The third kappa shape index (κ3) is 4.85. The Hall–Kier alpha value is -3.95. The maximum absolute atomic E-state index is 13.1. The summed E-state index contributed by atoms with van der Waals surface area (Å²) in [4.78, 5) is 19.6. The van der Waals surface area contributed by atoms with Crippen LogP contribution in [0, 0.1) is 11.7 Å². The summed E-state index contributed by atoms with van der Waals surface area (Å²) in [6, 6.07) is 11.6. The average Bonchev–Trinajstić information content (AvgIpc) is 3.48. The quantitative estimate of drug-likeness (QED) is 0.367. The normalized spacial score (nSPS) is 18.1. The number of fused-ring (bicyclic) bond motifs is 1. The summed E-state index contributed by atoms with van der Waals surface area (Å²) in [5.74, 6) is 0.916. The number of esters is 1. The lowest BCUT2D eigenvalue weighted by atomic mass is 9.87. The minimum absolute atomic E-state index is 0.0331. The van der Waals surface area contributed by atoms with Crippen molar-refractivity contribution in [3.05, 3.63) is 48.3 Å². The smallest absolute Gasteiger partial charge is 0.320 e. The summed E-state index contributed by atoms with van der Waals surface area (Å²) in [5.41, 5.74) is 2.14. The Morgan fingerprint density at radius 3 is 2.71 bits per heavy atom. The van der Waals surface area contributed by atoms with E-state index >= 15 is 0 Å². The summed E-state index contributed by atoms with van der Waals surface area (Å²) in [5, 5.41) is 10.9. The molecule has 0 saturated heterocycles. The molecule has 0 bridgehead atoms. The van der Waals surface area contributed by atoms with E-state index in [2.05, 4.69) is 25.5 Å². The van der Waals surface area contributed by atoms with Crippen LogP contribution < -0.4 is 10.1 Å². The lowest BCUT2D eigenvalue weighted by Crippen LogP contribution is -2.29. The van der Waals surface area contributed by atoms with Gasteiger partial charge in [-0.3, -0.25) is 4.79 Å². The van der Waals surface area contributed by atoms with E-state index < -0.39 is 0 Å². The van der Waals surface area contributed by atoms with Crippen LogP contribution in [0.3, 0.4) is 0 Å². The Morgan fingerprint density at radius 1 is 1.15 bits per heavy atom. The molecular formula is C24H24FN5O4. The maximum Gasteiger partial charge on any atom is 0.320 e. The molecule has 0 spiro atoms. The molecule has 5 rings (SSSR count). The van der Waals surface area contributed by atoms with E-state index in [4.69, 9.17) is 13.9 Å². The second kappa shape index (κ2) is 9.50. The molecule has 2 heterocycles. The molecule has 176 valence electrons. The number of H-pyrrole nitrogens is 1. The van der Waals surface area contributed by atoms with Gasteiger partial charge in [0.05, 0.1) is 29.7 Å². The number of aromatic amines is 1. The number of nitrogens with zero attached hydrogens (tertiary/aromatic N) is 3. The van der Waals surface area contributed by atoms with Crippen molar-refractivity contribution >= 4 is 28.7 Å². The number of aromatic nitrogens is 4. The SMILES string of the molecule is CCOC(=O)[C@H]1CC[C@@H](Oc2ccc3nc(-c4nnc(Nc5ccc(F)cc5)o4)[nH]c3c2)CC1. The van der Waals surface area contributed by atoms with Crippen LogP contribution >= 0.6 is 0 Å². The van der Waals surface area contributed by atoms with Gasteiger partial charge in [0.1, 0.15) is 11.6 Å². The second-order valence-corrected chi connectivity index (χ2v) is 8.15. The van der Waals surface area contributed by atoms with Crippen LogP contribution in [-0.2, 0) is 9.53 Å². The van der Waals surface area contributed by atoms with Crippen molar-refractivity contribution in [1.82, 2.24) is 20.2 Å². The third-order valence-electron chi connectivity index (χ3n) is 5.77. The van der Waals surface area contributed by atoms with Gasteiger partial charge in [0, 0.05) is 11.8 Å². The molecule has 0 radical (unpaired) electrons. The largest absolute Gasteiger partial charge is 0.490 e. The number of halogens is 1. The zero-order valence-corrected chi connectivity index (χ0v) is 18.6. The fraction of sp³-hybridized carbons (Fsp3) is 0.333. The monoisotopic (exact) mass is 465 g/mol. The minimum Gasteiger partial charge on any atom is -0.490 e.